The average Bonchev–Trinajstić information content (AvgIpc) is 2.60. The first-order valence-electron chi connectivity index (χ1n) is 8.59. The fourth-order valence-corrected chi connectivity index (χ4v) is 2.52. The summed E-state index contributed by atoms with van der Waals surface area (Å²) < 4.78 is 5.29. The van der Waals surface area contributed by atoms with Gasteiger partial charge in [0.2, 0.25) is 0 Å². The first-order valence-corrected chi connectivity index (χ1v) is 8.59. The van der Waals surface area contributed by atoms with Crippen LogP contribution in [0.4, 0.5) is 4.79 Å². The molecule has 0 radical (unpaired) electrons. The van der Waals surface area contributed by atoms with Gasteiger partial charge in [-0.05, 0) is 36.1 Å². The Bertz CT molecular complexity index is 843. The molecule has 1 amide bonds. The number of hydrogen-bond donors (Lipinski definition) is 3. The summed E-state index contributed by atoms with van der Waals surface area (Å²) in [5.74, 6) is -1.07. The summed E-state index contributed by atoms with van der Waals surface area (Å²) in [6, 6.07) is 11.8. The van der Waals surface area contributed by atoms with Gasteiger partial charge in [0.25, 0.3) is 0 Å². The lowest BCUT2D eigenvalue weighted by Gasteiger charge is -2.17. The maximum Gasteiger partial charge on any atom is 0.413 e. The minimum atomic E-state index is -1.17. The van der Waals surface area contributed by atoms with Crippen molar-refractivity contribution in [1.29, 1.82) is 0 Å². The Labute approximate surface area is 158 Å². The second-order valence-corrected chi connectivity index (χ2v) is 6.44. The molecule has 27 heavy (non-hydrogen) atoms. The van der Waals surface area contributed by atoms with Gasteiger partial charge in [-0.1, -0.05) is 56.3 Å². The molecule has 142 valence electrons. The summed E-state index contributed by atoms with van der Waals surface area (Å²) in [5.41, 5.74) is 2.11. The van der Waals surface area contributed by atoms with Crippen LogP contribution in [-0.2, 0) is 4.79 Å². The predicted octanol–water partition coefficient (Wildman–Crippen LogP) is 4.25. The first kappa shape index (κ1) is 20.0. The Balaban J connectivity index is 2.30. The van der Waals surface area contributed by atoms with Crippen LogP contribution in [0, 0.1) is 0 Å². The summed E-state index contributed by atoms with van der Waals surface area (Å²) >= 11 is 0. The van der Waals surface area contributed by atoms with Crippen LogP contribution in [0.1, 0.15) is 43.4 Å². The van der Waals surface area contributed by atoms with Gasteiger partial charge in [-0.25, -0.2) is 4.79 Å². The molecule has 0 aromatic heterocycles. The first-order chi connectivity index (χ1) is 12.8. The van der Waals surface area contributed by atoms with Crippen molar-refractivity contribution in [1.82, 2.24) is 5.32 Å². The standard InChI is InChI=1S/C21H23NO5/c1-13(2)19-17(23)11-16(10-9-15-7-5-4-6-8-15)12-18(19)27-21(26)22-14(3)20(24)25/h4-14,23H,1-3H3,(H,22,26)(H,24,25)/b10-9+. The van der Waals surface area contributed by atoms with Gasteiger partial charge in [-0.2, -0.15) is 0 Å². The highest BCUT2D eigenvalue weighted by molar-refractivity contribution is 5.81. The second-order valence-electron chi connectivity index (χ2n) is 6.44. The number of ether oxygens (including phenoxy) is 1. The van der Waals surface area contributed by atoms with E-state index in [1.807, 2.05) is 50.3 Å². The Morgan fingerprint density at radius 1 is 1.04 bits per heavy atom. The van der Waals surface area contributed by atoms with Crippen molar-refractivity contribution in [2.75, 3.05) is 0 Å². The summed E-state index contributed by atoms with van der Waals surface area (Å²) in [6.45, 7) is 5.06. The van der Waals surface area contributed by atoms with Crippen LogP contribution in [0.2, 0.25) is 0 Å². The number of phenols is 1. The number of carbonyl (C=O) groups is 2. The quantitative estimate of drug-likeness (QED) is 0.662. The zero-order valence-electron chi connectivity index (χ0n) is 15.5. The molecule has 0 heterocycles. The number of benzene rings is 2. The summed E-state index contributed by atoms with van der Waals surface area (Å²) in [6.07, 6.45) is 2.78. The molecule has 2 aromatic carbocycles. The van der Waals surface area contributed by atoms with Crippen LogP contribution in [0.25, 0.3) is 12.2 Å². The van der Waals surface area contributed by atoms with E-state index in [1.54, 1.807) is 18.2 Å². The monoisotopic (exact) mass is 369 g/mol. The lowest BCUT2D eigenvalue weighted by molar-refractivity contribution is -0.138. The highest BCUT2D eigenvalue weighted by Gasteiger charge is 2.20. The fourth-order valence-electron chi connectivity index (χ4n) is 2.52. The fraction of sp³-hybridized carbons (Fsp3) is 0.238. The minimum Gasteiger partial charge on any atom is -0.507 e. The van der Waals surface area contributed by atoms with Crippen molar-refractivity contribution in [3.05, 3.63) is 59.2 Å². The SMILES string of the molecule is CC(NC(=O)Oc1cc(/C=C/c2ccccc2)cc(O)c1C(C)C)C(=O)O. The van der Waals surface area contributed by atoms with E-state index in [0.717, 1.165) is 5.56 Å². The molecule has 0 fully saturated rings. The number of carbonyl (C=O) groups excluding carboxylic acids is 1. The smallest absolute Gasteiger partial charge is 0.413 e. The number of phenolic OH excluding ortho intramolecular Hbond substituents is 1. The zero-order chi connectivity index (χ0) is 20.0. The van der Waals surface area contributed by atoms with Gasteiger partial charge in [0.15, 0.2) is 0 Å². The highest BCUT2D eigenvalue weighted by atomic mass is 16.6. The van der Waals surface area contributed by atoms with Gasteiger partial charge < -0.3 is 20.3 Å². The largest absolute Gasteiger partial charge is 0.507 e. The molecule has 6 heteroatoms. The maximum atomic E-state index is 12.0. The number of carboxylic acid groups (broad SMARTS) is 1. The molecule has 1 atom stereocenters. The topological polar surface area (TPSA) is 95.9 Å². The highest BCUT2D eigenvalue weighted by Crippen LogP contribution is 2.36. The number of rotatable bonds is 6. The molecular weight excluding hydrogens is 346 g/mol. The van der Waals surface area contributed by atoms with E-state index in [0.29, 0.717) is 11.1 Å². The Kier molecular flexibility index (Phi) is 6.60. The van der Waals surface area contributed by atoms with E-state index in [9.17, 15) is 14.7 Å². The van der Waals surface area contributed by atoms with Crippen LogP contribution in [-0.4, -0.2) is 28.3 Å². The van der Waals surface area contributed by atoms with Crippen LogP contribution in [0.5, 0.6) is 11.5 Å². The third kappa shape index (κ3) is 5.60. The molecule has 0 aliphatic rings. The van der Waals surface area contributed by atoms with Gasteiger partial charge in [0, 0.05) is 5.56 Å². The molecule has 6 nitrogen and oxygen atoms in total. The molecule has 2 rings (SSSR count). The number of hydrogen-bond acceptors (Lipinski definition) is 4. The van der Waals surface area contributed by atoms with E-state index >= 15 is 0 Å². The molecule has 0 spiro atoms. The lowest BCUT2D eigenvalue weighted by Crippen LogP contribution is -2.40. The molecule has 3 N–H and O–H groups in total. The van der Waals surface area contributed by atoms with Gasteiger partial charge >= 0.3 is 12.1 Å². The van der Waals surface area contributed by atoms with Crippen molar-refractivity contribution in [2.45, 2.75) is 32.7 Å². The molecule has 0 bridgehead atoms. The van der Waals surface area contributed by atoms with Crippen LogP contribution < -0.4 is 10.1 Å². The third-order valence-electron chi connectivity index (χ3n) is 3.90. The van der Waals surface area contributed by atoms with Gasteiger partial charge in [-0.15, -0.1) is 0 Å². The van der Waals surface area contributed by atoms with Crippen LogP contribution in [0.15, 0.2) is 42.5 Å². The Morgan fingerprint density at radius 3 is 2.26 bits per heavy atom. The number of amides is 1. The van der Waals surface area contributed by atoms with E-state index in [4.69, 9.17) is 9.84 Å². The average molecular weight is 369 g/mol. The summed E-state index contributed by atoms with van der Waals surface area (Å²) in [7, 11) is 0. The van der Waals surface area contributed by atoms with E-state index in [2.05, 4.69) is 5.32 Å². The molecule has 0 aliphatic heterocycles. The van der Waals surface area contributed by atoms with Gasteiger partial charge in [0.1, 0.15) is 17.5 Å². The normalized spacial score (nSPS) is 12.1. The third-order valence-corrected chi connectivity index (χ3v) is 3.90. The van der Waals surface area contributed by atoms with Crippen molar-refractivity contribution in [3.63, 3.8) is 0 Å². The number of aromatic hydroxyl groups is 1. The van der Waals surface area contributed by atoms with Crippen molar-refractivity contribution < 1.29 is 24.5 Å². The lowest BCUT2D eigenvalue weighted by atomic mass is 9.98. The predicted molar refractivity (Wildman–Crippen MR) is 104 cm³/mol. The molecule has 0 saturated carbocycles. The van der Waals surface area contributed by atoms with E-state index in [1.165, 1.54) is 6.92 Å². The second kappa shape index (κ2) is 8.89. The van der Waals surface area contributed by atoms with Crippen molar-refractivity contribution in [2.24, 2.45) is 0 Å². The number of nitrogens with one attached hydrogen (secondary N) is 1. The molecular formula is C21H23NO5. The van der Waals surface area contributed by atoms with Gasteiger partial charge in [-0.3, -0.25) is 4.79 Å². The maximum absolute atomic E-state index is 12.0. The Morgan fingerprint density at radius 2 is 1.67 bits per heavy atom. The molecule has 0 saturated heterocycles. The van der Waals surface area contributed by atoms with Gasteiger partial charge in [0.05, 0.1) is 0 Å². The zero-order valence-corrected chi connectivity index (χ0v) is 15.5. The molecule has 0 aliphatic carbocycles. The van der Waals surface area contributed by atoms with E-state index < -0.39 is 18.1 Å². The van der Waals surface area contributed by atoms with Crippen LogP contribution >= 0.6 is 0 Å². The number of carboxylic acids is 1. The van der Waals surface area contributed by atoms with Crippen LogP contribution in [0.3, 0.4) is 0 Å². The van der Waals surface area contributed by atoms with Crippen molar-refractivity contribution >= 4 is 24.2 Å². The molecule has 2 aromatic rings. The Hall–Kier alpha value is -3.28. The summed E-state index contributed by atoms with van der Waals surface area (Å²) in [5, 5.41) is 21.5. The van der Waals surface area contributed by atoms with E-state index in [-0.39, 0.29) is 17.4 Å². The number of aliphatic carboxylic acids is 1. The molecule has 1 unspecified atom stereocenters. The summed E-state index contributed by atoms with van der Waals surface area (Å²) in [4.78, 5) is 22.9. The minimum absolute atomic E-state index is 0.00861. The van der Waals surface area contributed by atoms with Crippen molar-refractivity contribution in [3.8, 4) is 11.5 Å².